The molecule has 4 aliphatic carbocycles. The van der Waals surface area contributed by atoms with Crippen molar-refractivity contribution in [3.05, 3.63) is 64.2 Å². The average molecular weight is 499 g/mol. The highest BCUT2D eigenvalue weighted by Gasteiger charge is 2.54. The fraction of sp³-hybridized carbons (Fsp3) is 0.440. The summed E-state index contributed by atoms with van der Waals surface area (Å²) in [5.41, 5.74) is -0.366. The molecule has 4 fully saturated rings. The molecule has 9 nitrogen and oxygen atoms in total. The molecule has 4 bridgehead atoms. The first-order chi connectivity index (χ1) is 16.6. The van der Waals surface area contributed by atoms with E-state index < -0.39 is 20.9 Å². The Balaban J connectivity index is 1.24. The third-order valence-corrected chi connectivity index (χ3v) is 9.05. The summed E-state index contributed by atoms with van der Waals surface area (Å²) in [5, 5.41) is 10.8. The molecule has 2 aromatic carbocycles. The molecule has 0 aromatic heterocycles. The first kappa shape index (κ1) is 23.5. The van der Waals surface area contributed by atoms with Crippen molar-refractivity contribution in [2.24, 2.45) is 23.2 Å². The van der Waals surface area contributed by atoms with Crippen LogP contribution in [0.1, 0.15) is 48.9 Å². The first-order valence-corrected chi connectivity index (χ1v) is 13.2. The van der Waals surface area contributed by atoms with Crippen LogP contribution < -0.4 is 4.72 Å². The molecule has 0 radical (unpaired) electrons. The molecule has 0 amide bonds. The Hall–Kier alpha value is -3.27. The SMILES string of the molecule is O=C(OCC(=O)C12CC3CC(CC(C3)C1)C2)c1cccc(S(=O)(=O)Nc2ccc([N+](=O)[O-])cc2)c1. The summed E-state index contributed by atoms with van der Waals surface area (Å²) in [7, 11) is -4.06. The van der Waals surface area contributed by atoms with Gasteiger partial charge in [0.15, 0.2) is 12.4 Å². The van der Waals surface area contributed by atoms with E-state index in [1.165, 1.54) is 67.8 Å². The van der Waals surface area contributed by atoms with Crippen LogP contribution in [-0.4, -0.2) is 31.7 Å². The standard InChI is InChI=1S/C25H26N2O7S/c28-23(25-12-16-8-17(13-25)10-18(9-16)14-25)15-34-24(29)19-2-1-3-22(11-19)35(32,33)26-20-4-6-21(7-5-20)27(30)31/h1-7,11,16-18,26H,8-10,12-15H2. The van der Waals surface area contributed by atoms with Gasteiger partial charge in [0, 0.05) is 23.2 Å². The van der Waals surface area contributed by atoms with E-state index in [9.17, 15) is 28.1 Å². The molecule has 0 spiro atoms. The van der Waals surface area contributed by atoms with Gasteiger partial charge in [-0.3, -0.25) is 19.6 Å². The lowest BCUT2D eigenvalue weighted by Crippen LogP contribution is -2.51. The van der Waals surface area contributed by atoms with Gasteiger partial charge in [-0.1, -0.05) is 6.07 Å². The van der Waals surface area contributed by atoms with E-state index in [4.69, 9.17) is 4.74 Å². The zero-order chi connectivity index (χ0) is 24.8. The van der Waals surface area contributed by atoms with Crippen LogP contribution in [0.25, 0.3) is 0 Å². The van der Waals surface area contributed by atoms with Gasteiger partial charge >= 0.3 is 5.97 Å². The molecule has 4 saturated carbocycles. The van der Waals surface area contributed by atoms with Crippen molar-refractivity contribution >= 4 is 33.2 Å². The van der Waals surface area contributed by atoms with Crippen LogP contribution in [0.15, 0.2) is 53.4 Å². The highest BCUT2D eigenvalue weighted by Crippen LogP contribution is 2.60. The van der Waals surface area contributed by atoms with E-state index in [0.717, 1.165) is 19.3 Å². The fourth-order valence-electron chi connectivity index (χ4n) is 6.48. The van der Waals surface area contributed by atoms with Crippen LogP contribution in [0.3, 0.4) is 0 Å². The lowest BCUT2D eigenvalue weighted by molar-refractivity contribution is -0.384. The number of hydrogen-bond donors (Lipinski definition) is 1. The van der Waals surface area contributed by atoms with Gasteiger partial charge in [-0.15, -0.1) is 0 Å². The molecular formula is C25H26N2O7S. The molecule has 4 aliphatic rings. The summed E-state index contributed by atoms with van der Waals surface area (Å²) in [6.45, 7) is -0.303. The third-order valence-electron chi connectivity index (χ3n) is 7.67. The predicted molar refractivity (Wildman–Crippen MR) is 126 cm³/mol. The van der Waals surface area contributed by atoms with Gasteiger partial charge in [0.25, 0.3) is 15.7 Å². The zero-order valence-electron chi connectivity index (χ0n) is 19.0. The highest BCUT2D eigenvalue weighted by atomic mass is 32.2. The van der Waals surface area contributed by atoms with Gasteiger partial charge in [0.05, 0.1) is 15.4 Å². The molecule has 35 heavy (non-hydrogen) atoms. The molecule has 1 N–H and O–H groups in total. The molecule has 0 unspecified atom stereocenters. The molecule has 0 saturated heterocycles. The molecule has 184 valence electrons. The van der Waals surface area contributed by atoms with Crippen LogP contribution in [0.5, 0.6) is 0 Å². The lowest BCUT2D eigenvalue weighted by atomic mass is 9.48. The van der Waals surface area contributed by atoms with E-state index in [1.807, 2.05) is 0 Å². The maximum atomic E-state index is 13.1. The Labute approximate surface area is 203 Å². The molecule has 10 heteroatoms. The number of non-ortho nitro benzene ring substituents is 1. The number of anilines is 1. The molecule has 0 aliphatic heterocycles. The van der Waals surface area contributed by atoms with Crippen molar-refractivity contribution in [3.8, 4) is 0 Å². The first-order valence-electron chi connectivity index (χ1n) is 11.7. The Morgan fingerprint density at radius 3 is 2.17 bits per heavy atom. The summed E-state index contributed by atoms with van der Waals surface area (Å²) < 4.78 is 33.2. The summed E-state index contributed by atoms with van der Waals surface area (Å²) in [6, 6.07) is 10.3. The van der Waals surface area contributed by atoms with E-state index in [2.05, 4.69) is 4.72 Å². The number of rotatable bonds is 8. The minimum absolute atomic E-state index is 0.0198. The molecular weight excluding hydrogens is 472 g/mol. The van der Waals surface area contributed by atoms with Gasteiger partial charge in [-0.2, -0.15) is 0 Å². The molecule has 0 atom stereocenters. The van der Waals surface area contributed by atoms with Gasteiger partial charge in [0.2, 0.25) is 0 Å². The molecule has 0 heterocycles. The topological polar surface area (TPSA) is 133 Å². The molecule has 2 aromatic rings. The Morgan fingerprint density at radius 1 is 1.00 bits per heavy atom. The quantitative estimate of drug-likeness (QED) is 0.325. The summed E-state index contributed by atoms with van der Waals surface area (Å²) in [6.07, 6.45) is 6.29. The normalized spacial score (nSPS) is 26.8. The predicted octanol–water partition coefficient (Wildman–Crippen LogP) is 4.34. The second-order valence-corrected chi connectivity index (χ2v) is 11.8. The zero-order valence-corrected chi connectivity index (χ0v) is 19.8. The number of nitrogens with one attached hydrogen (secondary N) is 1. The number of ketones is 1. The van der Waals surface area contributed by atoms with Crippen LogP contribution in [0.4, 0.5) is 11.4 Å². The Kier molecular flexibility index (Phi) is 5.86. The van der Waals surface area contributed by atoms with Crippen LogP contribution in [0, 0.1) is 33.3 Å². The monoisotopic (exact) mass is 498 g/mol. The van der Waals surface area contributed by atoms with E-state index >= 15 is 0 Å². The molecule has 6 rings (SSSR count). The van der Waals surface area contributed by atoms with Crippen molar-refractivity contribution in [1.82, 2.24) is 0 Å². The number of sulfonamides is 1. The second-order valence-electron chi connectivity index (χ2n) is 10.1. The number of Topliss-reactive ketones (excluding diaryl/α,β-unsaturated/α-hetero) is 1. The fourth-order valence-corrected chi connectivity index (χ4v) is 7.58. The maximum absolute atomic E-state index is 13.1. The van der Waals surface area contributed by atoms with Gasteiger partial charge in [0.1, 0.15) is 0 Å². The number of benzene rings is 2. The largest absolute Gasteiger partial charge is 0.454 e. The number of hydrogen-bond acceptors (Lipinski definition) is 7. The van der Waals surface area contributed by atoms with Crippen molar-refractivity contribution in [1.29, 1.82) is 0 Å². The number of nitrogens with zero attached hydrogens (tertiary/aromatic N) is 1. The van der Waals surface area contributed by atoms with Crippen molar-refractivity contribution in [2.75, 3.05) is 11.3 Å². The Morgan fingerprint density at radius 2 is 1.60 bits per heavy atom. The number of nitro groups is 1. The number of carbonyl (C=O) groups excluding carboxylic acids is 2. The minimum Gasteiger partial charge on any atom is -0.454 e. The summed E-state index contributed by atoms with van der Waals surface area (Å²) in [4.78, 5) is 35.8. The number of carbonyl (C=O) groups is 2. The lowest BCUT2D eigenvalue weighted by Gasteiger charge is -2.55. The van der Waals surface area contributed by atoms with E-state index in [1.54, 1.807) is 0 Å². The van der Waals surface area contributed by atoms with Crippen molar-refractivity contribution < 1.29 is 27.7 Å². The van der Waals surface area contributed by atoms with E-state index in [-0.39, 0.29) is 39.6 Å². The summed E-state index contributed by atoms with van der Waals surface area (Å²) >= 11 is 0. The smallest absolute Gasteiger partial charge is 0.338 e. The van der Waals surface area contributed by atoms with E-state index in [0.29, 0.717) is 17.8 Å². The summed E-state index contributed by atoms with van der Waals surface area (Å²) in [5.74, 6) is 1.03. The minimum atomic E-state index is -4.06. The van der Waals surface area contributed by atoms with Crippen LogP contribution in [0.2, 0.25) is 0 Å². The van der Waals surface area contributed by atoms with Gasteiger partial charge < -0.3 is 4.74 Å². The van der Waals surface area contributed by atoms with Gasteiger partial charge in [-0.25, -0.2) is 13.2 Å². The maximum Gasteiger partial charge on any atom is 0.338 e. The number of ether oxygens (including phenoxy) is 1. The Bertz CT molecular complexity index is 1250. The van der Waals surface area contributed by atoms with Gasteiger partial charge in [-0.05, 0) is 86.6 Å². The number of nitro benzene ring substituents is 1. The second kappa shape index (κ2) is 8.75. The van der Waals surface area contributed by atoms with Crippen molar-refractivity contribution in [3.63, 3.8) is 0 Å². The highest BCUT2D eigenvalue weighted by molar-refractivity contribution is 7.92. The van der Waals surface area contributed by atoms with Crippen LogP contribution in [-0.2, 0) is 19.6 Å². The third kappa shape index (κ3) is 4.67. The number of esters is 1. The van der Waals surface area contributed by atoms with Crippen LogP contribution >= 0.6 is 0 Å². The van der Waals surface area contributed by atoms with Crippen molar-refractivity contribution in [2.45, 2.75) is 43.4 Å². The average Bonchev–Trinajstić information content (AvgIpc) is 2.81.